The van der Waals surface area contributed by atoms with Crippen LogP contribution in [0.2, 0.25) is 0 Å². The van der Waals surface area contributed by atoms with Gasteiger partial charge in [-0.25, -0.2) is 9.78 Å². The molecule has 102 valence electrons. The molecule has 3 heterocycles. The maximum atomic E-state index is 11.2. The minimum absolute atomic E-state index is 0.0864. The zero-order chi connectivity index (χ0) is 13.4. The van der Waals surface area contributed by atoms with Crippen LogP contribution in [0.3, 0.4) is 0 Å². The standard InChI is InChI=1S/C14H18N2O3/c1-9-2-5-13(15-8-9)19-12-6-10-3-4-11(7-12)16(10)14(17)18/h2,5,8,10-12H,3-4,6-7H2,1H3,(H,17,18)/t10-,11+,12-. The number of aromatic nitrogens is 1. The van der Waals surface area contributed by atoms with Gasteiger partial charge in [0.25, 0.3) is 0 Å². The van der Waals surface area contributed by atoms with E-state index in [0.29, 0.717) is 5.88 Å². The third-order valence-electron chi connectivity index (χ3n) is 4.08. The number of aryl methyl sites for hydroxylation is 1. The molecular weight excluding hydrogens is 244 g/mol. The monoisotopic (exact) mass is 262 g/mol. The molecule has 5 nitrogen and oxygen atoms in total. The number of carbonyl (C=O) groups is 1. The van der Waals surface area contributed by atoms with E-state index in [4.69, 9.17) is 4.74 Å². The molecule has 1 N–H and O–H groups in total. The number of pyridine rings is 1. The molecule has 2 aliphatic heterocycles. The molecule has 2 fully saturated rings. The first-order valence-corrected chi connectivity index (χ1v) is 6.74. The van der Waals surface area contributed by atoms with E-state index in [-0.39, 0.29) is 18.2 Å². The van der Waals surface area contributed by atoms with Crippen molar-refractivity contribution >= 4 is 6.09 Å². The highest BCUT2D eigenvalue weighted by atomic mass is 16.5. The van der Waals surface area contributed by atoms with Gasteiger partial charge in [-0.1, -0.05) is 6.07 Å². The highest BCUT2D eigenvalue weighted by Crippen LogP contribution is 2.36. The summed E-state index contributed by atoms with van der Waals surface area (Å²) >= 11 is 0. The van der Waals surface area contributed by atoms with Gasteiger partial charge in [0.15, 0.2) is 0 Å². The number of ether oxygens (including phenoxy) is 1. The van der Waals surface area contributed by atoms with Crippen LogP contribution in [0.25, 0.3) is 0 Å². The van der Waals surface area contributed by atoms with E-state index in [0.717, 1.165) is 31.2 Å². The number of hydrogen-bond donors (Lipinski definition) is 1. The molecule has 0 unspecified atom stereocenters. The smallest absolute Gasteiger partial charge is 0.407 e. The Bertz CT molecular complexity index is 460. The lowest BCUT2D eigenvalue weighted by Crippen LogP contribution is -2.48. The number of fused-ring (bicyclic) bond motifs is 2. The molecule has 2 aliphatic rings. The van der Waals surface area contributed by atoms with Crippen molar-refractivity contribution in [3.63, 3.8) is 0 Å². The molecule has 2 bridgehead atoms. The van der Waals surface area contributed by atoms with E-state index in [1.54, 1.807) is 11.1 Å². The molecule has 1 amide bonds. The van der Waals surface area contributed by atoms with Gasteiger partial charge in [-0.3, -0.25) is 0 Å². The number of rotatable bonds is 2. The van der Waals surface area contributed by atoms with Gasteiger partial charge in [-0.15, -0.1) is 0 Å². The van der Waals surface area contributed by atoms with Crippen molar-refractivity contribution in [2.24, 2.45) is 0 Å². The first-order valence-electron chi connectivity index (χ1n) is 6.74. The van der Waals surface area contributed by atoms with Crippen LogP contribution < -0.4 is 4.74 Å². The summed E-state index contributed by atoms with van der Waals surface area (Å²) in [5.41, 5.74) is 1.10. The summed E-state index contributed by atoms with van der Waals surface area (Å²) in [7, 11) is 0. The van der Waals surface area contributed by atoms with Crippen LogP contribution in [-0.4, -0.2) is 39.3 Å². The third kappa shape index (κ3) is 2.37. The van der Waals surface area contributed by atoms with Gasteiger partial charge >= 0.3 is 6.09 Å². The Labute approximate surface area is 112 Å². The maximum absolute atomic E-state index is 11.2. The zero-order valence-corrected chi connectivity index (χ0v) is 11.0. The molecule has 3 atom stereocenters. The minimum Gasteiger partial charge on any atom is -0.474 e. The molecule has 5 heteroatoms. The summed E-state index contributed by atoms with van der Waals surface area (Å²) < 4.78 is 5.89. The van der Waals surface area contributed by atoms with Gasteiger partial charge < -0.3 is 14.7 Å². The van der Waals surface area contributed by atoms with Crippen molar-refractivity contribution in [3.05, 3.63) is 23.9 Å². The van der Waals surface area contributed by atoms with Crippen LogP contribution in [0.4, 0.5) is 4.79 Å². The first kappa shape index (κ1) is 12.3. The molecule has 0 saturated carbocycles. The van der Waals surface area contributed by atoms with Crippen LogP contribution in [0.5, 0.6) is 5.88 Å². The van der Waals surface area contributed by atoms with Gasteiger partial charge in [-0.05, 0) is 25.3 Å². The first-order chi connectivity index (χ1) is 9.13. The molecule has 0 aromatic carbocycles. The number of nitrogens with zero attached hydrogens (tertiary/aromatic N) is 2. The number of carboxylic acid groups (broad SMARTS) is 1. The van der Waals surface area contributed by atoms with E-state index in [9.17, 15) is 9.90 Å². The topological polar surface area (TPSA) is 62.7 Å². The Kier molecular flexibility index (Phi) is 3.05. The molecule has 0 aliphatic carbocycles. The molecule has 3 rings (SSSR count). The maximum Gasteiger partial charge on any atom is 0.407 e. The fourth-order valence-corrected chi connectivity index (χ4v) is 3.23. The SMILES string of the molecule is Cc1ccc(O[C@@H]2C[C@H]3CC[C@@H](C2)N3C(=O)O)nc1. The molecule has 0 spiro atoms. The highest BCUT2D eigenvalue weighted by molar-refractivity contribution is 5.66. The van der Waals surface area contributed by atoms with Crippen LogP contribution in [0, 0.1) is 6.92 Å². The predicted molar refractivity (Wildman–Crippen MR) is 69.3 cm³/mol. The largest absolute Gasteiger partial charge is 0.474 e. The van der Waals surface area contributed by atoms with E-state index in [1.807, 2.05) is 19.1 Å². The summed E-state index contributed by atoms with van der Waals surface area (Å²) in [6.45, 7) is 1.99. The van der Waals surface area contributed by atoms with Crippen molar-refractivity contribution in [2.75, 3.05) is 0 Å². The second-order valence-corrected chi connectivity index (χ2v) is 5.46. The Morgan fingerprint density at radius 1 is 1.37 bits per heavy atom. The van der Waals surface area contributed by atoms with Crippen LogP contribution >= 0.6 is 0 Å². The second-order valence-electron chi connectivity index (χ2n) is 5.46. The van der Waals surface area contributed by atoms with Gasteiger partial charge in [0, 0.05) is 37.2 Å². The lowest BCUT2D eigenvalue weighted by molar-refractivity contribution is 0.0477. The molecule has 1 aromatic heterocycles. The van der Waals surface area contributed by atoms with Crippen molar-refractivity contribution < 1.29 is 14.6 Å². The molecular formula is C14H18N2O3. The summed E-state index contributed by atoms with van der Waals surface area (Å²) in [5.74, 6) is 0.638. The van der Waals surface area contributed by atoms with Gasteiger partial charge in [0.05, 0.1) is 0 Å². The summed E-state index contributed by atoms with van der Waals surface area (Å²) in [5, 5.41) is 9.20. The summed E-state index contributed by atoms with van der Waals surface area (Å²) in [6.07, 6.45) is 4.55. The van der Waals surface area contributed by atoms with E-state index >= 15 is 0 Å². The quantitative estimate of drug-likeness (QED) is 0.889. The number of piperidine rings is 1. The Morgan fingerprint density at radius 3 is 2.58 bits per heavy atom. The Balaban J connectivity index is 1.66. The third-order valence-corrected chi connectivity index (χ3v) is 4.08. The Morgan fingerprint density at radius 2 is 2.05 bits per heavy atom. The zero-order valence-electron chi connectivity index (χ0n) is 11.0. The second kappa shape index (κ2) is 4.72. The van der Waals surface area contributed by atoms with Crippen LogP contribution in [0.1, 0.15) is 31.2 Å². The fourth-order valence-electron chi connectivity index (χ4n) is 3.23. The van der Waals surface area contributed by atoms with Crippen molar-refractivity contribution in [2.45, 2.75) is 50.8 Å². The van der Waals surface area contributed by atoms with Gasteiger partial charge in [-0.2, -0.15) is 0 Å². The van der Waals surface area contributed by atoms with Crippen LogP contribution in [0.15, 0.2) is 18.3 Å². The molecule has 19 heavy (non-hydrogen) atoms. The number of hydrogen-bond acceptors (Lipinski definition) is 3. The van der Waals surface area contributed by atoms with Crippen molar-refractivity contribution in [1.82, 2.24) is 9.88 Å². The average Bonchev–Trinajstić information content (AvgIpc) is 2.65. The lowest BCUT2D eigenvalue weighted by Gasteiger charge is -2.36. The van der Waals surface area contributed by atoms with Crippen molar-refractivity contribution in [3.8, 4) is 5.88 Å². The molecule has 2 saturated heterocycles. The van der Waals surface area contributed by atoms with E-state index in [2.05, 4.69) is 4.98 Å². The molecule has 0 radical (unpaired) electrons. The summed E-state index contributed by atoms with van der Waals surface area (Å²) in [6, 6.07) is 4.09. The van der Waals surface area contributed by atoms with Crippen molar-refractivity contribution in [1.29, 1.82) is 0 Å². The predicted octanol–water partition coefficient (Wildman–Crippen LogP) is 2.44. The van der Waals surface area contributed by atoms with Crippen LogP contribution in [-0.2, 0) is 0 Å². The van der Waals surface area contributed by atoms with Gasteiger partial charge in [0.1, 0.15) is 6.10 Å². The van der Waals surface area contributed by atoms with E-state index < -0.39 is 6.09 Å². The fraction of sp³-hybridized carbons (Fsp3) is 0.571. The average molecular weight is 262 g/mol. The number of amides is 1. The summed E-state index contributed by atoms with van der Waals surface area (Å²) in [4.78, 5) is 17.0. The highest BCUT2D eigenvalue weighted by Gasteiger charge is 2.44. The Hall–Kier alpha value is -1.78. The van der Waals surface area contributed by atoms with Gasteiger partial charge in [0.2, 0.25) is 5.88 Å². The molecule has 1 aromatic rings. The van der Waals surface area contributed by atoms with E-state index in [1.165, 1.54) is 0 Å². The minimum atomic E-state index is -0.792. The lowest BCUT2D eigenvalue weighted by atomic mass is 10.0. The normalized spacial score (nSPS) is 29.3.